The number of ether oxygens (including phenoxy) is 1. The molecule has 3 aromatic rings. The summed E-state index contributed by atoms with van der Waals surface area (Å²) in [7, 11) is 0. The minimum atomic E-state index is -1.60. The summed E-state index contributed by atoms with van der Waals surface area (Å²) < 4.78 is 50.2. The molecule has 5 rings (SSSR count). The van der Waals surface area contributed by atoms with Gasteiger partial charge in [-0.2, -0.15) is 0 Å². The average molecular weight is 461 g/mol. The number of pyridine rings is 2. The minimum absolute atomic E-state index is 0.136. The molecule has 5 N–H and O–H groups in total. The maximum atomic E-state index is 15.2. The molecular weight excluding hydrogens is 443 g/mol. The number of halogens is 3. The van der Waals surface area contributed by atoms with Crippen molar-refractivity contribution in [1.82, 2.24) is 9.55 Å². The molecule has 33 heavy (non-hydrogen) atoms. The summed E-state index contributed by atoms with van der Waals surface area (Å²) in [4.78, 5) is 30.3. The molecule has 0 spiro atoms. The second-order valence-electron chi connectivity index (χ2n) is 8.04. The number of nitrogen functional groups attached to an aromatic ring is 1. The normalized spacial score (nSPS) is 22.2. The second-order valence-corrected chi connectivity index (χ2v) is 8.04. The maximum Gasteiger partial charge on any atom is 0.341 e. The Labute approximate surface area is 184 Å². The van der Waals surface area contributed by atoms with Crippen LogP contribution in [0, 0.1) is 17.5 Å². The number of hydrogen-bond donors (Lipinski definition) is 3. The molecule has 2 fully saturated rings. The third-order valence-electron chi connectivity index (χ3n) is 6.07. The number of carboxylic acid groups (broad SMARTS) is 1. The van der Waals surface area contributed by atoms with E-state index >= 15 is 4.39 Å². The lowest BCUT2D eigenvalue weighted by atomic mass is 10.1. The van der Waals surface area contributed by atoms with Crippen LogP contribution in [-0.2, 0) is 4.74 Å². The van der Waals surface area contributed by atoms with Crippen LogP contribution >= 0.6 is 0 Å². The first kappa shape index (κ1) is 21.2. The number of benzene rings is 1. The summed E-state index contributed by atoms with van der Waals surface area (Å²) in [6.45, 7) is 0.682. The number of nitrogens with zero attached hydrogens (tertiary/aromatic N) is 3. The summed E-state index contributed by atoms with van der Waals surface area (Å²) in [6.07, 6.45) is 1.13. The van der Waals surface area contributed by atoms with Gasteiger partial charge in [0.1, 0.15) is 17.2 Å². The van der Waals surface area contributed by atoms with E-state index in [0.29, 0.717) is 19.1 Å². The van der Waals surface area contributed by atoms with E-state index in [1.807, 2.05) is 0 Å². The van der Waals surface area contributed by atoms with Crippen LogP contribution in [0.5, 0.6) is 0 Å². The van der Waals surface area contributed by atoms with Crippen LogP contribution < -0.4 is 21.8 Å². The molecule has 2 saturated heterocycles. The molecule has 0 saturated carbocycles. The van der Waals surface area contributed by atoms with Crippen molar-refractivity contribution in [2.45, 2.75) is 24.6 Å². The van der Waals surface area contributed by atoms with Gasteiger partial charge in [0.05, 0.1) is 34.9 Å². The Hall–Kier alpha value is -3.64. The molecule has 2 aromatic heterocycles. The molecule has 0 amide bonds. The third kappa shape index (κ3) is 3.21. The molecule has 0 radical (unpaired) electrons. The molecule has 2 aliphatic heterocycles. The van der Waals surface area contributed by atoms with Crippen LogP contribution in [0.3, 0.4) is 0 Å². The number of anilines is 2. The Kier molecular flexibility index (Phi) is 4.79. The first-order valence-corrected chi connectivity index (χ1v) is 10.0. The Morgan fingerprint density at radius 2 is 1.94 bits per heavy atom. The predicted molar refractivity (Wildman–Crippen MR) is 112 cm³/mol. The predicted octanol–water partition coefficient (Wildman–Crippen LogP) is 1.39. The molecule has 2 aliphatic rings. The average Bonchev–Trinajstić information content (AvgIpc) is 3.35. The second kappa shape index (κ2) is 7.46. The number of rotatable bonds is 3. The van der Waals surface area contributed by atoms with Crippen molar-refractivity contribution >= 4 is 28.5 Å². The Balaban J connectivity index is 1.80. The van der Waals surface area contributed by atoms with Gasteiger partial charge in [-0.05, 0) is 18.6 Å². The van der Waals surface area contributed by atoms with Gasteiger partial charge in [-0.25, -0.2) is 22.9 Å². The summed E-state index contributed by atoms with van der Waals surface area (Å²) in [6, 6.07) is 1.70. The zero-order valence-electron chi connectivity index (χ0n) is 17.0. The lowest BCUT2D eigenvalue weighted by Gasteiger charge is -2.25. The SMILES string of the molecule is Nc1cc(-n2cc(C(=O)O)c(=O)c3cc(F)c(N4CC(N)C5OCCC54)nc32)c(F)cc1F. The Morgan fingerprint density at radius 3 is 2.67 bits per heavy atom. The van der Waals surface area contributed by atoms with Gasteiger partial charge in [-0.1, -0.05) is 0 Å². The van der Waals surface area contributed by atoms with Crippen LogP contribution in [0.15, 0.2) is 29.2 Å². The van der Waals surface area contributed by atoms with Crippen molar-refractivity contribution in [2.75, 3.05) is 23.8 Å². The Morgan fingerprint density at radius 1 is 1.18 bits per heavy atom. The highest BCUT2D eigenvalue weighted by Gasteiger charge is 2.45. The number of hydrogen-bond acceptors (Lipinski definition) is 7. The van der Waals surface area contributed by atoms with Crippen LogP contribution in [0.4, 0.5) is 24.7 Å². The number of aromatic carboxylic acids is 1. The first-order chi connectivity index (χ1) is 15.7. The highest BCUT2D eigenvalue weighted by atomic mass is 19.1. The molecule has 4 heterocycles. The van der Waals surface area contributed by atoms with E-state index in [2.05, 4.69) is 4.98 Å². The number of nitrogens with two attached hydrogens (primary N) is 2. The molecule has 0 aliphatic carbocycles. The quantitative estimate of drug-likeness (QED) is 0.498. The fourth-order valence-corrected chi connectivity index (χ4v) is 4.54. The minimum Gasteiger partial charge on any atom is -0.477 e. The van der Waals surface area contributed by atoms with Gasteiger partial charge in [0.15, 0.2) is 17.3 Å². The van der Waals surface area contributed by atoms with Crippen molar-refractivity contribution in [1.29, 1.82) is 0 Å². The van der Waals surface area contributed by atoms with Crippen molar-refractivity contribution in [3.8, 4) is 5.69 Å². The van der Waals surface area contributed by atoms with Crippen LogP contribution in [0.2, 0.25) is 0 Å². The molecule has 9 nitrogen and oxygen atoms in total. The van der Waals surface area contributed by atoms with Gasteiger partial charge in [-0.3, -0.25) is 9.36 Å². The van der Waals surface area contributed by atoms with E-state index < -0.39 is 40.1 Å². The monoisotopic (exact) mass is 461 g/mol. The molecule has 3 unspecified atom stereocenters. The summed E-state index contributed by atoms with van der Waals surface area (Å²) in [5.74, 6) is -4.71. The van der Waals surface area contributed by atoms with E-state index in [4.69, 9.17) is 16.2 Å². The molecule has 12 heteroatoms. The van der Waals surface area contributed by atoms with E-state index in [9.17, 15) is 23.5 Å². The van der Waals surface area contributed by atoms with Crippen LogP contribution in [0.25, 0.3) is 16.7 Å². The van der Waals surface area contributed by atoms with Crippen LogP contribution in [0.1, 0.15) is 16.8 Å². The largest absolute Gasteiger partial charge is 0.477 e. The zero-order valence-corrected chi connectivity index (χ0v) is 17.0. The summed E-state index contributed by atoms with van der Waals surface area (Å²) in [5.41, 5.74) is 8.97. The smallest absolute Gasteiger partial charge is 0.341 e. The van der Waals surface area contributed by atoms with Gasteiger partial charge in [0.2, 0.25) is 5.43 Å². The number of carboxylic acids is 1. The van der Waals surface area contributed by atoms with E-state index in [-0.39, 0.29) is 47.3 Å². The van der Waals surface area contributed by atoms with Crippen molar-refractivity contribution < 1.29 is 27.8 Å². The molecule has 1 aromatic carbocycles. The standard InChI is InChI=1S/C21H18F3N5O4/c22-10-4-11(23)16(5-13(10)25)28-6-9(21(31)32)17(30)8-3-12(24)20(27-19(8)28)29-7-14(26)18-15(29)1-2-33-18/h3-6,14-15,18H,1-2,7,25-26H2,(H,31,32). The molecule has 0 bridgehead atoms. The topological polar surface area (TPSA) is 137 Å². The highest BCUT2D eigenvalue weighted by molar-refractivity contribution is 5.92. The molecule has 3 atom stereocenters. The lowest BCUT2D eigenvalue weighted by molar-refractivity contribution is 0.0695. The first-order valence-electron chi connectivity index (χ1n) is 10.0. The van der Waals surface area contributed by atoms with Crippen molar-refractivity contribution in [3.63, 3.8) is 0 Å². The summed E-state index contributed by atoms with van der Waals surface area (Å²) in [5, 5.41) is 9.06. The summed E-state index contributed by atoms with van der Waals surface area (Å²) >= 11 is 0. The van der Waals surface area contributed by atoms with Crippen molar-refractivity contribution in [3.05, 3.63) is 57.6 Å². The van der Waals surface area contributed by atoms with Crippen molar-refractivity contribution in [2.24, 2.45) is 5.73 Å². The van der Waals surface area contributed by atoms with Gasteiger partial charge in [-0.15, -0.1) is 0 Å². The van der Waals surface area contributed by atoms with Crippen LogP contribution in [-0.4, -0.2) is 52.0 Å². The fraction of sp³-hybridized carbons (Fsp3) is 0.286. The third-order valence-corrected chi connectivity index (χ3v) is 6.07. The molecular formula is C21H18F3N5O4. The number of fused-ring (bicyclic) bond motifs is 2. The molecule has 172 valence electrons. The van der Waals surface area contributed by atoms with Gasteiger partial charge >= 0.3 is 5.97 Å². The van der Waals surface area contributed by atoms with E-state index in [0.717, 1.165) is 22.9 Å². The van der Waals surface area contributed by atoms with Gasteiger partial charge < -0.3 is 26.2 Å². The van der Waals surface area contributed by atoms with Gasteiger partial charge in [0.25, 0.3) is 0 Å². The lowest BCUT2D eigenvalue weighted by Crippen LogP contribution is -2.35. The highest BCUT2D eigenvalue weighted by Crippen LogP contribution is 2.34. The fourth-order valence-electron chi connectivity index (χ4n) is 4.54. The maximum absolute atomic E-state index is 15.2. The van der Waals surface area contributed by atoms with Gasteiger partial charge in [0, 0.05) is 25.4 Å². The van der Waals surface area contributed by atoms with E-state index in [1.54, 1.807) is 4.90 Å². The number of aromatic nitrogens is 2. The number of carbonyl (C=O) groups is 1. The zero-order chi connectivity index (χ0) is 23.6. The van der Waals surface area contributed by atoms with E-state index in [1.165, 1.54) is 0 Å². The Bertz CT molecular complexity index is 1380.